The van der Waals surface area contributed by atoms with E-state index in [0.717, 1.165) is 37.4 Å². The van der Waals surface area contributed by atoms with Gasteiger partial charge in [-0.2, -0.15) is 9.50 Å². The molecule has 0 saturated carbocycles. The second-order valence-corrected chi connectivity index (χ2v) is 8.45. The normalized spacial score (nSPS) is 14.2. The van der Waals surface area contributed by atoms with Crippen molar-refractivity contribution in [3.63, 3.8) is 0 Å². The lowest BCUT2D eigenvalue weighted by Gasteiger charge is -2.35. The van der Waals surface area contributed by atoms with Gasteiger partial charge < -0.3 is 10.2 Å². The number of hydrogen-bond acceptors (Lipinski definition) is 6. The summed E-state index contributed by atoms with van der Waals surface area (Å²) in [6.07, 6.45) is 0. The monoisotopic (exact) mass is 503 g/mol. The average molecular weight is 504 g/mol. The molecule has 11 heteroatoms. The minimum absolute atomic E-state index is 0. The van der Waals surface area contributed by atoms with Gasteiger partial charge >= 0.3 is 0 Å². The molecule has 0 amide bonds. The number of halogens is 3. The van der Waals surface area contributed by atoms with Crippen molar-refractivity contribution in [3.8, 4) is 0 Å². The first kappa shape index (κ1) is 24.0. The van der Waals surface area contributed by atoms with Gasteiger partial charge in [0, 0.05) is 56.0 Å². The molecule has 0 unspecified atom stereocenters. The fourth-order valence-corrected chi connectivity index (χ4v) is 4.05. The summed E-state index contributed by atoms with van der Waals surface area (Å²) in [6, 6.07) is 15.6. The molecule has 8 nitrogen and oxygen atoms in total. The van der Waals surface area contributed by atoms with Crippen LogP contribution in [0.5, 0.6) is 0 Å². The summed E-state index contributed by atoms with van der Waals surface area (Å²) in [7, 11) is 0. The first-order valence-corrected chi connectivity index (χ1v) is 11.1. The van der Waals surface area contributed by atoms with Crippen molar-refractivity contribution in [2.75, 3.05) is 36.4 Å². The van der Waals surface area contributed by atoms with E-state index in [9.17, 15) is 9.18 Å². The Labute approximate surface area is 206 Å². The summed E-state index contributed by atoms with van der Waals surface area (Å²) in [5.74, 6) is 0.576. The Balaban J connectivity index is 0.00000274. The Bertz CT molecular complexity index is 1300. The third-order valence-corrected chi connectivity index (χ3v) is 5.96. The predicted octanol–water partition coefficient (Wildman–Crippen LogP) is 3.57. The molecule has 34 heavy (non-hydrogen) atoms. The highest BCUT2D eigenvalue weighted by Gasteiger charge is 2.19. The van der Waals surface area contributed by atoms with Crippen molar-refractivity contribution in [2.24, 2.45) is 0 Å². The summed E-state index contributed by atoms with van der Waals surface area (Å²) in [4.78, 5) is 26.1. The molecule has 5 rings (SSSR count). The smallest absolute Gasteiger partial charge is 0.274 e. The number of aromatic nitrogens is 4. The molecule has 0 spiro atoms. The summed E-state index contributed by atoms with van der Waals surface area (Å²) in [6.45, 7) is 4.42. The van der Waals surface area contributed by atoms with Crippen LogP contribution in [0.25, 0.3) is 5.78 Å². The summed E-state index contributed by atoms with van der Waals surface area (Å²) in [5.41, 5.74) is 2.54. The van der Waals surface area contributed by atoms with Crippen molar-refractivity contribution in [3.05, 3.63) is 87.0 Å². The Morgan fingerprint density at radius 2 is 1.71 bits per heavy atom. The minimum Gasteiger partial charge on any atom is -0.369 e. The third kappa shape index (κ3) is 5.49. The molecule has 3 heterocycles. The molecule has 0 atom stereocenters. The van der Waals surface area contributed by atoms with E-state index in [-0.39, 0.29) is 23.8 Å². The van der Waals surface area contributed by atoms with E-state index < -0.39 is 0 Å². The van der Waals surface area contributed by atoms with Gasteiger partial charge in [0.2, 0.25) is 5.95 Å². The van der Waals surface area contributed by atoms with Crippen molar-refractivity contribution in [2.45, 2.75) is 13.1 Å². The van der Waals surface area contributed by atoms with Crippen LogP contribution < -0.4 is 15.8 Å². The molecule has 1 aliphatic heterocycles. The molecule has 2 N–H and O–H groups in total. The standard InChI is InChI=1S/C23H23ClFN7O.ClH/c24-17-3-1-16(2-4-17)14-26-22-28-23-27-19(13-21(33)32(23)29-22)15-30-9-11-31(12-10-30)20-7-5-18(25)6-8-20;/h1-8,13H,9-12,14-15H2,(H2,26,27,28,29);1H. The average Bonchev–Trinajstić information content (AvgIpc) is 3.23. The number of fused-ring (bicyclic) bond motifs is 1. The van der Waals surface area contributed by atoms with Gasteiger partial charge in [0.25, 0.3) is 11.3 Å². The highest BCUT2D eigenvalue weighted by molar-refractivity contribution is 6.30. The number of H-pyrrole nitrogens is 1. The number of benzene rings is 2. The van der Waals surface area contributed by atoms with Gasteiger partial charge in [0.15, 0.2) is 0 Å². The number of rotatable bonds is 6. The van der Waals surface area contributed by atoms with Gasteiger partial charge in [-0.3, -0.25) is 14.8 Å². The zero-order chi connectivity index (χ0) is 22.8. The van der Waals surface area contributed by atoms with Gasteiger partial charge in [0.05, 0.1) is 5.69 Å². The molecular weight excluding hydrogens is 480 g/mol. The van der Waals surface area contributed by atoms with Crippen LogP contribution in [0.4, 0.5) is 16.0 Å². The number of nitrogens with zero attached hydrogens (tertiary/aromatic N) is 5. The number of piperazine rings is 1. The second-order valence-electron chi connectivity index (χ2n) is 8.01. The van der Waals surface area contributed by atoms with E-state index in [1.54, 1.807) is 18.2 Å². The Hall–Kier alpha value is -3.14. The summed E-state index contributed by atoms with van der Waals surface area (Å²) < 4.78 is 14.5. The van der Waals surface area contributed by atoms with Crippen LogP contribution in [0.1, 0.15) is 11.3 Å². The quantitative estimate of drug-likeness (QED) is 0.418. The first-order chi connectivity index (χ1) is 16.0. The molecule has 1 saturated heterocycles. The third-order valence-electron chi connectivity index (χ3n) is 5.71. The summed E-state index contributed by atoms with van der Waals surface area (Å²) >= 11 is 5.92. The van der Waals surface area contributed by atoms with Crippen molar-refractivity contribution >= 4 is 41.4 Å². The Morgan fingerprint density at radius 1 is 1.00 bits per heavy atom. The van der Waals surface area contributed by atoms with Crippen LogP contribution in [-0.4, -0.2) is 50.7 Å². The Morgan fingerprint density at radius 3 is 2.41 bits per heavy atom. The highest BCUT2D eigenvalue weighted by Crippen LogP contribution is 2.18. The maximum absolute atomic E-state index is 13.2. The second kappa shape index (κ2) is 10.4. The Kier molecular flexibility index (Phi) is 7.35. The van der Waals surface area contributed by atoms with E-state index in [1.807, 2.05) is 24.3 Å². The molecule has 1 fully saturated rings. The first-order valence-electron chi connectivity index (χ1n) is 10.7. The molecule has 0 radical (unpaired) electrons. The SMILES string of the molecule is Cl.O=c1cc(CN2CCN(c3ccc(F)cc3)CC2)nc2nc(NCc3ccc(Cl)cc3)[nH]n12. The number of nitrogens with one attached hydrogen (secondary N) is 2. The van der Waals surface area contributed by atoms with E-state index in [1.165, 1.54) is 16.6 Å². The van der Waals surface area contributed by atoms with Gasteiger partial charge in [-0.05, 0) is 42.0 Å². The van der Waals surface area contributed by atoms with E-state index in [4.69, 9.17) is 11.6 Å². The number of anilines is 2. The molecule has 2 aromatic carbocycles. The van der Waals surface area contributed by atoms with Gasteiger partial charge in [-0.1, -0.05) is 23.7 Å². The van der Waals surface area contributed by atoms with E-state index in [0.29, 0.717) is 35.5 Å². The van der Waals surface area contributed by atoms with Crippen molar-refractivity contribution in [1.82, 2.24) is 24.5 Å². The zero-order valence-electron chi connectivity index (χ0n) is 18.2. The van der Waals surface area contributed by atoms with E-state index in [2.05, 4.69) is 30.2 Å². The lowest BCUT2D eigenvalue weighted by molar-refractivity contribution is 0.247. The van der Waals surface area contributed by atoms with Crippen LogP contribution >= 0.6 is 24.0 Å². The molecule has 4 aromatic rings. The zero-order valence-corrected chi connectivity index (χ0v) is 19.8. The largest absolute Gasteiger partial charge is 0.369 e. The fraction of sp³-hybridized carbons (Fsp3) is 0.261. The van der Waals surface area contributed by atoms with E-state index >= 15 is 0 Å². The molecule has 1 aliphatic rings. The lowest BCUT2D eigenvalue weighted by Crippen LogP contribution is -2.46. The molecule has 0 aliphatic carbocycles. The van der Waals surface area contributed by atoms with Crippen LogP contribution in [0.2, 0.25) is 5.02 Å². The van der Waals surface area contributed by atoms with Crippen molar-refractivity contribution < 1.29 is 4.39 Å². The highest BCUT2D eigenvalue weighted by atomic mass is 35.5. The number of hydrogen-bond donors (Lipinski definition) is 2. The van der Waals surface area contributed by atoms with Gasteiger partial charge in [-0.25, -0.2) is 9.37 Å². The topological polar surface area (TPSA) is 81.6 Å². The molecular formula is C23H24Cl2FN7O. The van der Waals surface area contributed by atoms with Gasteiger partial charge in [0.1, 0.15) is 5.82 Å². The fourth-order valence-electron chi connectivity index (χ4n) is 3.92. The van der Waals surface area contributed by atoms with Crippen LogP contribution in [0.3, 0.4) is 0 Å². The maximum Gasteiger partial charge on any atom is 0.274 e. The maximum atomic E-state index is 13.2. The van der Waals surface area contributed by atoms with Crippen LogP contribution in [-0.2, 0) is 13.1 Å². The van der Waals surface area contributed by atoms with Crippen LogP contribution in [0, 0.1) is 5.82 Å². The molecule has 0 bridgehead atoms. The number of aromatic amines is 1. The van der Waals surface area contributed by atoms with Crippen molar-refractivity contribution in [1.29, 1.82) is 0 Å². The summed E-state index contributed by atoms with van der Waals surface area (Å²) in [5, 5.41) is 6.81. The molecule has 178 valence electrons. The van der Waals surface area contributed by atoms with Gasteiger partial charge in [-0.15, -0.1) is 12.4 Å². The van der Waals surface area contributed by atoms with Crippen LogP contribution in [0.15, 0.2) is 59.4 Å². The lowest BCUT2D eigenvalue weighted by atomic mass is 10.2. The predicted molar refractivity (Wildman–Crippen MR) is 134 cm³/mol. The molecule has 2 aromatic heterocycles. The minimum atomic E-state index is -0.230.